The van der Waals surface area contributed by atoms with E-state index in [2.05, 4.69) is 20.5 Å². The Morgan fingerprint density at radius 2 is 1.87 bits per heavy atom. The minimum Gasteiger partial charge on any atom is -0.506 e. The standard InChI is InChI=1S/C18H18N4O/c1-3-19-16-10-12(2)15(11-17(16)23)22-21-14-8-4-6-13-7-5-9-20-18(13)14/h4-11,19,23H,3H2,1-2H3. The number of benzene rings is 2. The normalized spacial score (nSPS) is 11.2. The summed E-state index contributed by atoms with van der Waals surface area (Å²) in [5.41, 5.74) is 3.80. The second-order valence-corrected chi connectivity index (χ2v) is 5.24. The van der Waals surface area contributed by atoms with Crippen molar-refractivity contribution < 1.29 is 5.11 Å². The van der Waals surface area contributed by atoms with Gasteiger partial charge in [-0.3, -0.25) is 4.98 Å². The summed E-state index contributed by atoms with van der Waals surface area (Å²) >= 11 is 0. The zero-order valence-corrected chi connectivity index (χ0v) is 13.1. The SMILES string of the molecule is CCNc1cc(C)c(N=Nc2cccc3cccnc23)cc1O. The first-order chi connectivity index (χ1) is 11.2. The Morgan fingerprint density at radius 3 is 2.70 bits per heavy atom. The maximum absolute atomic E-state index is 10.0. The van der Waals surface area contributed by atoms with Crippen LogP contribution in [-0.2, 0) is 0 Å². The molecule has 2 N–H and O–H groups in total. The molecule has 116 valence electrons. The number of fused-ring (bicyclic) bond motifs is 1. The van der Waals surface area contributed by atoms with Gasteiger partial charge in [0.25, 0.3) is 0 Å². The Morgan fingerprint density at radius 1 is 1.09 bits per heavy atom. The van der Waals surface area contributed by atoms with E-state index < -0.39 is 0 Å². The van der Waals surface area contributed by atoms with Crippen molar-refractivity contribution in [3.63, 3.8) is 0 Å². The lowest BCUT2D eigenvalue weighted by Gasteiger charge is -2.08. The molecule has 3 rings (SSSR count). The van der Waals surface area contributed by atoms with Crippen LogP contribution in [0, 0.1) is 6.92 Å². The molecule has 0 bridgehead atoms. The van der Waals surface area contributed by atoms with Crippen molar-refractivity contribution in [1.82, 2.24) is 4.98 Å². The second kappa shape index (κ2) is 6.44. The van der Waals surface area contributed by atoms with Gasteiger partial charge in [-0.05, 0) is 37.6 Å². The van der Waals surface area contributed by atoms with Gasteiger partial charge in [-0.2, -0.15) is 5.11 Å². The molecule has 0 aliphatic carbocycles. The third-order valence-electron chi connectivity index (χ3n) is 3.56. The van der Waals surface area contributed by atoms with E-state index in [-0.39, 0.29) is 5.75 Å². The summed E-state index contributed by atoms with van der Waals surface area (Å²) in [6.07, 6.45) is 1.74. The molecule has 0 radical (unpaired) electrons. The molecule has 1 heterocycles. The molecule has 5 heteroatoms. The van der Waals surface area contributed by atoms with E-state index in [1.54, 1.807) is 12.3 Å². The molecule has 1 aromatic heterocycles. The maximum Gasteiger partial charge on any atom is 0.140 e. The Kier molecular flexibility index (Phi) is 4.19. The van der Waals surface area contributed by atoms with Crippen molar-refractivity contribution >= 4 is 28.0 Å². The van der Waals surface area contributed by atoms with E-state index in [0.717, 1.165) is 23.0 Å². The predicted molar refractivity (Wildman–Crippen MR) is 92.9 cm³/mol. The number of nitrogens with one attached hydrogen (secondary N) is 1. The van der Waals surface area contributed by atoms with E-state index in [4.69, 9.17) is 0 Å². The number of aromatic hydroxyl groups is 1. The van der Waals surface area contributed by atoms with Gasteiger partial charge in [-0.1, -0.05) is 18.2 Å². The highest BCUT2D eigenvalue weighted by Crippen LogP contribution is 2.33. The molecule has 0 saturated carbocycles. The number of hydrogen-bond donors (Lipinski definition) is 2. The molecular formula is C18H18N4O. The van der Waals surface area contributed by atoms with Gasteiger partial charge in [0.15, 0.2) is 0 Å². The van der Waals surface area contributed by atoms with E-state index in [1.807, 2.05) is 50.2 Å². The largest absolute Gasteiger partial charge is 0.506 e. The van der Waals surface area contributed by atoms with Crippen LogP contribution in [0.5, 0.6) is 5.75 Å². The lowest BCUT2D eigenvalue weighted by Crippen LogP contribution is -1.96. The highest BCUT2D eigenvalue weighted by Gasteiger charge is 2.06. The lowest BCUT2D eigenvalue weighted by molar-refractivity contribution is 0.477. The molecule has 2 aromatic carbocycles. The van der Waals surface area contributed by atoms with Crippen LogP contribution in [0.2, 0.25) is 0 Å². The summed E-state index contributed by atoms with van der Waals surface area (Å²) in [5, 5.41) is 22.8. The van der Waals surface area contributed by atoms with E-state index in [9.17, 15) is 5.11 Å². The number of aromatic nitrogens is 1. The first-order valence-corrected chi connectivity index (χ1v) is 7.52. The van der Waals surface area contributed by atoms with Crippen molar-refractivity contribution in [2.75, 3.05) is 11.9 Å². The molecule has 0 aliphatic heterocycles. The molecule has 5 nitrogen and oxygen atoms in total. The van der Waals surface area contributed by atoms with Gasteiger partial charge >= 0.3 is 0 Å². The highest BCUT2D eigenvalue weighted by molar-refractivity contribution is 5.88. The molecule has 0 fully saturated rings. The van der Waals surface area contributed by atoms with E-state index in [0.29, 0.717) is 17.1 Å². The molecule has 3 aromatic rings. The molecule has 0 aliphatic rings. The Labute approximate surface area is 134 Å². The number of rotatable bonds is 4. The summed E-state index contributed by atoms with van der Waals surface area (Å²) in [5.74, 6) is 0.169. The number of phenols is 1. The van der Waals surface area contributed by atoms with Crippen LogP contribution in [0.4, 0.5) is 17.1 Å². The van der Waals surface area contributed by atoms with Gasteiger partial charge in [-0.25, -0.2) is 0 Å². The third-order valence-corrected chi connectivity index (χ3v) is 3.56. The third kappa shape index (κ3) is 3.13. The van der Waals surface area contributed by atoms with Gasteiger partial charge in [0, 0.05) is 24.2 Å². The van der Waals surface area contributed by atoms with Gasteiger partial charge in [-0.15, -0.1) is 5.11 Å². The Hall–Kier alpha value is -2.95. The maximum atomic E-state index is 10.0. The Bertz CT molecular complexity index is 869. The van der Waals surface area contributed by atoms with Crippen LogP contribution in [-0.4, -0.2) is 16.6 Å². The van der Waals surface area contributed by atoms with Crippen LogP contribution in [0.3, 0.4) is 0 Å². The van der Waals surface area contributed by atoms with Crippen LogP contribution < -0.4 is 5.32 Å². The van der Waals surface area contributed by atoms with Crippen LogP contribution in [0.25, 0.3) is 10.9 Å². The molecule has 0 amide bonds. The number of phenolic OH excluding ortho intramolecular Hbond substituents is 1. The van der Waals surface area contributed by atoms with Crippen LogP contribution in [0.15, 0.2) is 58.9 Å². The minimum absolute atomic E-state index is 0.169. The molecule has 0 atom stereocenters. The highest BCUT2D eigenvalue weighted by atomic mass is 16.3. The second-order valence-electron chi connectivity index (χ2n) is 5.24. The van der Waals surface area contributed by atoms with Gasteiger partial charge in [0.05, 0.1) is 16.9 Å². The number of hydrogen-bond acceptors (Lipinski definition) is 5. The molecule has 0 spiro atoms. The summed E-state index contributed by atoms with van der Waals surface area (Å²) in [6, 6.07) is 13.2. The lowest BCUT2D eigenvalue weighted by atomic mass is 10.1. The van der Waals surface area contributed by atoms with E-state index in [1.165, 1.54) is 0 Å². The van der Waals surface area contributed by atoms with Crippen molar-refractivity contribution in [2.45, 2.75) is 13.8 Å². The topological polar surface area (TPSA) is 69.9 Å². The summed E-state index contributed by atoms with van der Waals surface area (Å²) < 4.78 is 0. The minimum atomic E-state index is 0.169. The average Bonchev–Trinajstić information content (AvgIpc) is 2.57. The summed E-state index contributed by atoms with van der Waals surface area (Å²) in [7, 11) is 0. The number of para-hydroxylation sites is 1. The number of nitrogens with zero attached hydrogens (tertiary/aromatic N) is 3. The molecule has 0 saturated heterocycles. The zero-order chi connectivity index (χ0) is 16.2. The molecular weight excluding hydrogens is 288 g/mol. The zero-order valence-electron chi connectivity index (χ0n) is 13.1. The van der Waals surface area contributed by atoms with Crippen LogP contribution >= 0.6 is 0 Å². The van der Waals surface area contributed by atoms with Gasteiger partial charge in [0.2, 0.25) is 0 Å². The fourth-order valence-electron chi connectivity index (χ4n) is 2.40. The van der Waals surface area contributed by atoms with Crippen molar-refractivity contribution in [1.29, 1.82) is 0 Å². The smallest absolute Gasteiger partial charge is 0.140 e. The van der Waals surface area contributed by atoms with Crippen molar-refractivity contribution in [3.8, 4) is 5.75 Å². The number of pyridine rings is 1. The first-order valence-electron chi connectivity index (χ1n) is 7.52. The molecule has 23 heavy (non-hydrogen) atoms. The number of aryl methyl sites for hydroxylation is 1. The van der Waals surface area contributed by atoms with E-state index >= 15 is 0 Å². The number of anilines is 1. The quantitative estimate of drug-likeness (QED) is 0.520. The predicted octanol–water partition coefficient (Wildman–Crippen LogP) is 5.10. The molecule has 0 unspecified atom stereocenters. The number of azo groups is 1. The fourth-order valence-corrected chi connectivity index (χ4v) is 2.40. The Balaban J connectivity index is 1.98. The average molecular weight is 306 g/mol. The van der Waals surface area contributed by atoms with Crippen molar-refractivity contribution in [2.24, 2.45) is 10.2 Å². The van der Waals surface area contributed by atoms with Gasteiger partial charge in [0.1, 0.15) is 11.4 Å². The summed E-state index contributed by atoms with van der Waals surface area (Å²) in [6.45, 7) is 4.67. The first kappa shape index (κ1) is 15.0. The van der Waals surface area contributed by atoms with Gasteiger partial charge < -0.3 is 10.4 Å². The fraction of sp³-hybridized carbons (Fsp3) is 0.167. The van der Waals surface area contributed by atoms with Crippen molar-refractivity contribution in [3.05, 3.63) is 54.2 Å². The monoisotopic (exact) mass is 306 g/mol. The van der Waals surface area contributed by atoms with Crippen LogP contribution in [0.1, 0.15) is 12.5 Å². The summed E-state index contributed by atoms with van der Waals surface area (Å²) in [4.78, 5) is 4.36.